The number of methoxy groups -OCH3 is 1. The van der Waals surface area contributed by atoms with Crippen LogP contribution in [0.5, 0.6) is 11.5 Å². The molecular weight excluding hydrogens is 415 g/mol. The molecule has 1 atom stereocenters. The highest BCUT2D eigenvalue weighted by atomic mass is 32.2. The molecule has 1 heterocycles. The Kier molecular flexibility index (Phi) is 6.19. The van der Waals surface area contributed by atoms with Crippen LogP contribution in [-0.4, -0.2) is 39.3 Å². The van der Waals surface area contributed by atoms with Crippen molar-refractivity contribution in [2.75, 3.05) is 12.4 Å². The molecule has 0 aliphatic carbocycles. The normalized spacial score (nSPS) is 16.2. The molecule has 6 nitrogen and oxygen atoms in total. The van der Waals surface area contributed by atoms with Crippen LogP contribution in [0.25, 0.3) is 6.08 Å². The van der Waals surface area contributed by atoms with Crippen LogP contribution in [0, 0.1) is 5.82 Å². The Hall–Kier alpha value is -2.91. The highest BCUT2D eigenvalue weighted by molar-refractivity contribution is 8.26. The van der Waals surface area contributed by atoms with Gasteiger partial charge in [-0.15, -0.1) is 0 Å². The monoisotopic (exact) mass is 432 g/mol. The quantitative estimate of drug-likeness (QED) is 0.553. The number of rotatable bonds is 5. The summed E-state index contributed by atoms with van der Waals surface area (Å²) in [5, 5.41) is 12.3. The van der Waals surface area contributed by atoms with Gasteiger partial charge in [-0.2, -0.15) is 0 Å². The van der Waals surface area contributed by atoms with Crippen LogP contribution in [0.1, 0.15) is 12.5 Å². The van der Waals surface area contributed by atoms with Crippen molar-refractivity contribution in [2.45, 2.75) is 13.0 Å². The Balaban J connectivity index is 1.77. The maximum atomic E-state index is 13.0. The standard InChI is InChI=1S/C20H17FN2O4S2/c1-11(18(25)22-14-6-4-13(21)5-7-14)23-19(26)17(29-20(23)28)10-12-3-8-15(24)16(9-12)27-2/h3-11,24H,1-2H3,(H,22,25)/b17-10-. The number of amides is 2. The van der Waals surface area contributed by atoms with Gasteiger partial charge in [-0.1, -0.05) is 30.0 Å². The van der Waals surface area contributed by atoms with Crippen LogP contribution >= 0.6 is 24.0 Å². The number of halogens is 1. The molecule has 2 N–H and O–H groups in total. The number of thioether (sulfide) groups is 1. The van der Waals surface area contributed by atoms with Crippen molar-refractivity contribution in [1.29, 1.82) is 0 Å². The highest BCUT2D eigenvalue weighted by Gasteiger charge is 2.38. The first kappa shape index (κ1) is 20.8. The molecule has 1 fully saturated rings. The summed E-state index contributed by atoms with van der Waals surface area (Å²) in [6.45, 7) is 1.57. The molecule has 0 radical (unpaired) electrons. The van der Waals surface area contributed by atoms with Crippen LogP contribution in [0.3, 0.4) is 0 Å². The number of anilines is 1. The van der Waals surface area contributed by atoms with Crippen LogP contribution in [0.2, 0.25) is 0 Å². The maximum absolute atomic E-state index is 13.0. The Morgan fingerprint density at radius 3 is 2.66 bits per heavy atom. The number of nitrogens with zero attached hydrogens (tertiary/aromatic N) is 1. The van der Waals surface area contributed by atoms with Crippen molar-refractivity contribution in [2.24, 2.45) is 0 Å². The van der Waals surface area contributed by atoms with Crippen LogP contribution < -0.4 is 10.1 Å². The minimum atomic E-state index is -0.854. The van der Waals surface area contributed by atoms with Crippen LogP contribution in [0.15, 0.2) is 47.4 Å². The van der Waals surface area contributed by atoms with Crippen molar-refractivity contribution >= 4 is 51.9 Å². The molecule has 29 heavy (non-hydrogen) atoms. The van der Waals surface area contributed by atoms with E-state index in [9.17, 15) is 19.1 Å². The predicted molar refractivity (Wildman–Crippen MR) is 114 cm³/mol. The molecule has 2 aromatic carbocycles. The van der Waals surface area contributed by atoms with Gasteiger partial charge in [-0.25, -0.2) is 4.39 Å². The van der Waals surface area contributed by atoms with E-state index in [4.69, 9.17) is 17.0 Å². The van der Waals surface area contributed by atoms with Crippen molar-refractivity contribution in [3.8, 4) is 11.5 Å². The summed E-state index contributed by atoms with van der Waals surface area (Å²) in [6, 6.07) is 9.16. The Morgan fingerprint density at radius 1 is 1.31 bits per heavy atom. The molecule has 3 rings (SSSR count). The number of phenols is 1. The molecule has 1 saturated heterocycles. The largest absolute Gasteiger partial charge is 0.504 e. The lowest BCUT2D eigenvalue weighted by atomic mass is 10.1. The van der Waals surface area contributed by atoms with E-state index in [1.165, 1.54) is 42.3 Å². The number of thiocarbonyl (C=S) groups is 1. The van der Waals surface area contributed by atoms with E-state index in [-0.39, 0.29) is 15.8 Å². The van der Waals surface area contributed by atoms with Gasteiger partial charge in [0.1, 0.15) is 16.2 Å². The predicted octanol–water partition coefficient (Wildman–Crippen LogP) is 3.77. The van der Waals surface area contributed by atoms with Crippen LogP contribution in [-0.2, 0) is 9.59 Å². The molecule has 0 aromatic heterocycles. The third kappa shape index (κ3) is 4.57. The number of ether oxygens (including phenoxy) is 1. The van der Waals surface area contributed by atoms with Gasteiger partial charge in [0.15, 0.2) is 11.5 Å². The number of hydrogen-bond acceptors (Lipinski definition) is 6. The number of carbonyl (C=O) groups is 2. The molecule has 1 aliphatic heterocycles. The lowest BCUT2D eigenvalue weighted by molar-refractivity contribution is -0.129. The number of hydrogen-bond donors (Lipinski definition) is 2. The molecule has 1 aliphatic rings. The van der Waals surface area contributed by atoms with Gasteiger partial charge in [0.25, 0.3) is 5.91 Å². The lowest BCUT2D eigenvalue weighted by Gasteiger charge is -2.22. The second-order valence-corrected chi connectivity index (χ2v) is 7.83. The van der Waals surface area contributed by atoms with Gasteiger partial charge < -0.3 is 15.2 Å². The maximum Gasteiger partial charge on any atom is 0.266 e. The molecule has 1 unspecified atom stereocenters. The summed E-state index contributed by atoms with van der Waals surface area (Å²) in [6.07, 6.45) is 1.62. The van der Waals surface area contributed by atoms with E-state index in [1.54, 1.807) is 25.1 Å². The number of benzene rings is 2. The van der Waals surface area contributed by atoms with Gasteiger partial charge in [-0.3, -0.25) is 14.5 Å². The van der Waals surface area contributed by atoms with Crippen molar-refractivity contribution in [1.82, 2.24) is 4.90 Å². The fraction of sp³-hybridized carbons (Fsp3) is 0.150. The fourth-order valence-corrected chi connectivity index (χ4v) is 4.06. The first-order valence-corrected chi connectivity index (χ1v) is 9.73. The summed E-state index contributed by atoms with van der Waals surface area (Å²) in [4.78, 5) is 26.9. The number of carbonyl (C=O) groups excluding carboxylic acids is 2. The lowest BCUT2D eigenvalue weighted by Crippen LogP contribution is -2.44. The second-order valence-electron chi connectivity index (χ2n) is 6.16. The SMILES string of the molecule is COc1cc(/C=C2\SC(=S)N(C(C)C(=O)Nc3ccc(F)cc3)C2=O)ccc1O. The average molecular weight is 432 g/mol. The van der Waals surface area contributed by atoms with Crippen molar-refractivity contribution in [3.63, 3.8) is 0 Å². The summed E-state index contributed by atoms with van der Waals surface area (Å²) >= 11 is 6.37. The Labute approximate surface area is 176 Å². The molecule has 150 valence electrons. The molecule has 2 amide bonds. The average Bonchev–Trinajstić information content (AvgIpc) is 2.97. The zero-order valence-electron chi connectivity index (χ0n) is 15.5. The van der Waals surface area contributed by atoms with Crippen LogP contribution in [0.4, 0.5) is 10.1 Å². The zero-order chi connectivity index (χ0) is 21.1. The molecule has 9 heteroatoms. The third-order valence-electron chi connectivity index (χ3n) is 4.20. The summed E-state index contributed by atoms with van der Waals surface area (Å²) in [7, 11) is 1.43. The summed E-state index contributed by atoms with van der Waals surface area (Å²) in [5.41, 5.74) is 1.06. The van der Waals surface area contributed by atoms with Gasteiger partial charge in [0.2, 0.25) is 5.91 Å². The summed E-state index contributed by atoms with van der Waals surface area (Å²) < 4.78 is 18.3. The third-order valence-corrected chi connectivity index (χ3v) is 5.53. The topological polar surface area (TPSA) is 78.9 Å². The minimum Gasteiger partial charge on any atom is -0.504 e. The van der Waals surface area contributed by atoms with Crippen molar-refractivity contribution in [3.05, 3.63) is 58.8 Å². The number of nitrogens with one attached hydrogen (secondary N) is 1. The number of phenolic OH excluding ortho intramolecular Hbond substituents is 1. The Bertz CT molecular complexity index is 1010. The highest BCUT2D eigenvalue weighted by Crippen LogP contribution is 2.35. The molecule has 0 spiro atoms. The molecule has 0 saturated carbocycles. The molecular formula is C20H17FN2O4S2. The van der Waals surface area contributed by atoms with E-state index in [0.29, 0.717) is 16.2 Å². The summed E-state index contributed by atoms with van der Waals surface area (Å²) in [5.74, 6) is -0.984. The smallest absolute Gasteiger partial charge is 0.266 e. The first-order valence-electron chi connectivity index (χ1n) is 8.50. The van der Waals surface area contributed by atoms with Gasteiger partial charge in [0.05, 0.1) is 12.0 Å². The van der Waals surface area contributed by atoms with E-state index in [2.05, 4.69) is 5.32 Å². The van der Waals surface area contributed by atoms with E-state index in [1.807, 2.05) is 0 Å². The number of aromatic hydroxyl groups is 1. The van der Waals surface area contributed by atoms with E-state index >= 15 is 0 Å². The van der Waals surface area contributed by atoms with Gasteiger partial charge >= 0.3 is 0 Å². The minimum absolute atomic E-state index is 0.0108. The zero-order valence-corrected chi connectivity index (χ0v) is 17.1. The van der Waals surface area contributed by atoms with Gasteiger partial charge in [0, 0.05) is 5.69 Å². The second kappa shape index (κ2) is 8.62. The van der Waals surface area contributed by atoms with Gasteiger partial charge in [-0.05, 0) is 55.0 Å². The Morgan fingerprint density at radius 2 is 2.00 bits per heavy atom. The first-order chi connectivity index (χ1) is 13.8. The fourth-order valence-electron chi connectivity index (χ4n) is 2.65. The molecule has 0 bridgehead atoms. The van der Waals surface area contributed by atoms with E-state index in [0.717, 1.165) is 11.8 Å². The molecule has 2 aromatic rings. The van der Waals surface area contributed by atoms with E-state index < -0.39 is 23.7 Å². The van der Waals surface area contributed by atoms with Crippen molar-refractivity contribution < 1.29 is 23.8 Å².